The van der Waals surface area contributed by atoms with E-state index in [4.69, 9.17) is 0 Å². The zero-order valence-electron chi connectivity index (χ0n) is 15.7. The Morgan fingerprint density at radius 2 is 1.86 bits per heavy atom. The van der Waals surface area contributed by atoms with E-state index in [0.717, 1.165) is 15.8 Å². The number of benzene rings is 1. The van der Waals surface area contributed by atoms with Gasteiger partial charge in [0.25, 0.3) is 0 Å². The minimum absolute atomic E-state index is 0.00146. The van der Waals surface area contributed by atoms with Crippen molar-refractivity contribution in [3.05, 3.63) is 70.5 Å². The predicted octanol–water partition coefficient (Wildman–Crippen LogP) is 3.46. The Morgan fingerprint density at radius 3 is 2.48 bits per heavy atom. The van der Waals surface area contributed by atoms with Gasteiger partial charge in [-0.25, -0.2) is 9.36 Å². The first-order valence-corrected chi connectivity index (χ1v) is 9.40. The number of alkyl halides is 3. The van der Waals surface area contributed by atoms with E-state index in [2.05, 4.69) is 4.98 Å². The lowest BCUT2D eigenvalue weighted by Crippen LogP contribution is -2.23. The topological polar surface area (TPSA) is 63.3 Å². The monoisotopic (exact) mass is 424 g/mol. The molecule has 2 aromatic heterocycles. The van der Waals surface area contributed by atoms with Crippen molar-refractivity contribution in [2.24, 2.45) is 0 Å². The molecule has 154 valence electrons. The summed E-state index contributed by atoms with van der Waals surface area (Å²) >= 11 is -0.239. The molecular formula is C19H19F3N4O2S. The Labute approximate surface area is 169 Å². The molecule has 2 heterocycles. The third kappa shape index (κ3) is 5.42. The average Bonchev–Trinajstić information content (AvgIpc) is 2.88. The maximum atomic E-state index is 12.7. The molecule has 29 heavy (non-hydrogen) atoms. The number of aromatic nitrogens is 3. The van der Waals surface area contributed by atoms with E-state index < -0.39 is 11.2 Å². The Bertz CT molecular complexity index is 1040. The first-order valence-electron chi connectivity index (χ1n) is 8.58. The van der Waals surface area contributed by atoms with Crippen LogP contribution < -0.4 is 5.69 Å². The van der Waals surface area contributed by atoms with Crippen LogP contribution in [0.3, 0.4) is 0 Å². The zero-order chi connectivity index (χ0) is 21.2. The minimum atomic E-state index is -4.39. The molecule has 6 nitrogen and oxygen atoms in total. The Morgan fingerprint density at radius 1 is 1.17 bits per heavy atom. The highest BCUT2D eigenvalue weighted by Crippen LogP contribution is 2.37. The Hall–Kier alpha value is -2.72. The highest BCUT2D eigenvalue weighted by atomic mass is 32.2. The zero-order valence-corrected chi connectivity index (χ0v) is 16.5. The molecule has 3 aromatic rings. The van der Waals surface area contributed by atoms with E-state index >= 15 is 0 Å². The van der Waals surface area contributed by atoms with Crippen LogP contribution in [0.2, 0.25) is 0 Å². The van der Waals surface area contributed by atoms with Crippen molar-refractivity contribution in [2.75, 3.05) is 14.1 Å². The van der Waals surface area contributed by atoms with Gasteiger partial charge in [-0.3, -0.25) is 9.55 Å². The SMILES string of the molecule is CN(C)Cc1cc(Cn2cc(O)n(-c3ccc(SC(F)(F)F)cc3)c2=O)ccn1. The quantitative estimate of drug-likeness (QED) is 0.614. The summed E-state index contributed by atoms with van der Waals surface area (Å²) in [6, 6.07) is 8.90. The van der Waals surface area contributed by atoms with Crippen molar-refractivity contribution in [3.63, 3.8) is 0 Å². The summed E-state index contributed by atoms with van der Waals surface area (Å²) < 4.78 is 39.8. The number of aromatic hydroxyl groups is 1. The molecule has 0 bridgehead atoms. The summed E-state index contributed by atoms with van der Waals surface area (Å²) in [5.41, 5.74) is -2.92. The number of halogens is 3. The van der Waals surface area contributed by atoms with Gasteiger partial charge in [-0.05, 0) is 67.8 Å². The molecule has 0 amide bonds. The van der Waals surface area contributed by atoms with Crippen LogP contribution in [0.25, 0.3) is 5.69 Å². The number of nitrogens with zero attached hydrogens (tertiary/aromatic N) is 4. The molecule has 1 N–H and O–H groups in total. The smallest absolute Gasteiger partial charge is 0.446 e. The van der Waals surface area contributed by atoms with Gasteiger partial charge in [0, 0.05) is 17.6 Å². The summed E-state index contributed by atoms with van der Waals surface area (Å²) in [5, 5.41) is 10.2. The van der Waals surface area contributed by atoms with Crippen molar-refractivity contribution < 1.29 is 18.3 Å². The van der Waals surface area contributed by atoms with Gasteiger partial charge in [0.15, 0.2) is 0 Å². The summed E-state index contributed by atoms with van der Waals surface area (Å²) in [7, 11) is 3.85. The number of thioether (sulfide) groups is 1. The van der Waals surface area contributed by atoms with Crippen molar-refractivity contribution in [1.82, 2.24) is 19.0 Å². The van der Waals surface area contributed by atoms with Crippen LogP contribution in [0.1, 0.15) is 11.3 Å². The largest absolute Gasteiger partial charge is 0.493 e. The van der Waals surface area contributed by atoms with E-state index in [1.54, 1.807) is 12.3 Å². The lowest BCUT2D eigenvalue weighted by molar-refractivity contribution is -0.0328. The fourth-order valence-corrected chi connectivity index (χ4v) is 3.40. The van der Waals surface area contributed by atoms with Crippen LogP contribution >= 0.6 is 11.8 Å². The van der Waals surface area contributed by atoms with Gasteiger partial charge in [-0.1, -0.05) is 0 Å². The molecule has 1 aromatic carbocycles. The van der Waals surface area contributed by atoms with Crippen molar-refractivity contribution in [2.45, 2.75) is 23.5 Å². The maximum Gasteiger partial charge on any atom is 0.446 e. The van der Waals surface area contributed by atoms with Crippen LogP contribution in [-0.2, 0) is 13.1 Å². The van der Waals surface area contributed by atoms with E-state index in [9.17, 15) is 23.1 Å². The lowest BCUT2D eigenvalue weighted by Gasteiger charge is -2.10. The van der Waals surface area contributed by atoms with Crippen molar-refractivity contribution in [1.29, 1.82) is 0 Å². The van der Waals surface area contributed by atoms with Gasteiger partial charge < -0.3 is 10.0 Å². The minimum Gasteiger partial charge on any atom is -0.493 e. The van der Waals surface area contributed by atoms with E-state index in [1.165, 1.54) is 35.0 Å². The predicted molar refractivity (Wildman–Crippen MR) is 104 cm³/mol. The number of pyridine rings is 1. The average molecular weight is 424 g/mol. The molecule has 0 unspecified atom stereocenters. The molecule has 3 rings (SSSR count). The van der Waals surface area contributed by atoms with Crippen LogP contribution in [0.5, 0.6) is 5.88 Å². The molecule has 0 aliphatic carbocycles. The summed E-state index contributed by atoms with van der Waals surface area (Å²) in [6.07, 6.45) is 2.96. The van der Waals surface area contributed by atoms with E-state index in [-0.39, 0.29) is 34.8 Å². The molecule has 0 aliphatic rings. The van der Waals surface area contributed by atoms with Gasteiger partial charge in [-0.15, -0.1) is 0 Å². The Kier molecular flexibility index (Phi) is 6.04. The molecule has 10 heteroatoms. The van der Waals surface area contributed by atoms with Gasteiger partial charge in [0.1, 0.15) is 0 Å². The highest BCUT2D eigenvalue weighted by molar-refractivity contribution is 8.00. The third-order valence-corrected chi connectivity index (χ3v) is 4.72. The molecule has 0 saturated carbocycles. The number of rotatable bonds is 6. The Balaban J connectivity index is 1.85. The molecule has 0 saturated heterocycles. The second-order valence-electron chi connectivity index (χ2n) is 6.67. The van der Waals surface area contributed by atoms with Crippen molar-refractivity contribution in [3.8, 4) is 11.6 Å². The molecule has 0 radical (unpaired) electrons. The standard InChI is InChI=1S/C19H19F3N4O2S/c1-24(2)11-14-9-13(7-8-23-14)10-25-12-17(27)26(18(25)28)15-3-5-16(6-4-15)29-19(20,21)22/h3-9,12,27H,10-11H2,1-2H3. The first kappa shape index (κ1) is 21.0. The normalized spacial score (nSPS) is 11.9. The fraction of sp³-hybridized carbons (Fsp3) is 0.263. The second-order valence-corrected chi connectivity index (χ2v) is 7.81. The van der Waals surface area contributed by atoms with Gasteiger partial charge in [0.05, 0.1) is 24.1 Å². The van der Waals surface area contributed by atoms with E-state index in [1.807, 2.05) is 25.1 Å². The van der Waals surface area contributed by atoms with Crippen LogP contribution in [0.4, 0.5) is 13.2 Å². The summed E-state index contributed by atoms with van der Waals surface area (Å²) in [5.74, 6) is -0.297. The maximum absolute atomic E-state index is 12.7. The molecule has 0 atom stereocenters. The number of imidazole rings is 1. The summed E-state index contributed by atoms with van der Waals surface area (Å²) in [4.78, 5) is 19.0. The summed E-state index contributed by atoms with van der Waals surface area (Å²) in [6.45, 7) is 0.877. The van der Waals surface area contributed by atoms with Gasteiger partial charge >= 0.3 is 11.2 Å². The first-order chi connectivity index (χ1) is 13.6. The molecule has 0 spiro atoms. The van der Waals surface area contributed by atoms with Gasteiger partial charge in [0.2, 0.25) is 5.88 Å². The van der Waals surface area contributed by atoms with Crippen LogP contribution in [-0.4, -0.2) is 43.7 Å². The molecule has 0 aliphatic heterocycles. The van der Waals surface area contributed by atoms with Crippen LogP contribution in [0, 0.1) is 0 Å². The fourth-order valence-electron chi connectivity index (χ4n) is 2.87. The van der Waals surface area contributed by atoms with Crippen LogP contribution in [0.15, 0.2) is 58.5 Å². The lowest BCUT2D eigenvalue weighted by atomic mass is 10.2. The number of hydrogen-bond donors (Lipinski definition) is 1. The molecular weight excluding hydrogens is 405 g/mol. The van der Waals surface area contributed by atoms with Crippen molar-refractivity contribution >= 4 is 11.8 Å². The highest BCUT2D eigenvalue weighted by Gasteiger charge is 2.29. The third-order valence-electron chi connectivity index (χ3n) is 3.98. The number of hydrogen-bond acceptors (Lipinski definition) is 5. The van der Waals surface area contributed by atoms with Gasteiger partial charge in [-0.2, -0.15) is 13.2 Å². The molecule has 0 fully saturated rings. The second kappa shape index (κ2) is 8.34. The van der Waals surface area contributed by atoms with E-state index in [0.29, 0.717) is 6.54 Å².